The first-order valence-electron chi connectivity index (χ1n) is 4.43. The summed E-state index contributed by atoms with van der Waals surface area (Å²) in [7, 11) is 1.43. The Labute approximate surface area is 92.1 Å². The van der Waals surface area contributed by atoms with Crippen LogP contribution in [0.3, 0.4) is 0 Å². The lowest BCUT2D eigenvalue weighted by atomic mass is 10.1. The second-order valence-corrected chi connectivity index (χ2v) is 3.04. The standard InChI is InChI=1S/C11H11NO4/c1-16-9-5-7(2-3-10(12)13)4-8(6-9)11(14)15/h2-6H,1H3,(H2,12,13)(H,14,15). The highest BCUT2D eigenvalue weighted by Crippen LogP contribution is 2.18. The van der Waals surface area contributed by atoms with Crippen molar-refractivity contribution < 1.29 is 19.4 Å². The van der Waals surface area contributed by atoms with Crippen molar-refractivity contribution in [2.75, 3.05) is 7.11 Å². The van der Waals surface area contributed by atoms with Crippen LogP contribution in [0.2, 0.25) is 0 Å². The van der Waals surface area contributed by atoms with Crippen LogP contribution in [0.5, 0.6) is 5.75 Å². The predicted octanol–water partition coefficient (Wildman–Crippen LogP) is 0.892. The minimum atomic E-state index is -1.06. The summed E-state index contributed by atoms with van der Waals surface area (Å²) in [5, 5.41) is 8.84. The van der Waals surface area contributed by atoms with E-state index in [2.05, 4.69) is 0 Å². The predicted molar refractivity (Wildman–Crippen MR) is 58.2 cm³/mol. The van der Waals surface area contributed by atoms with Gasteiger partial charge in [-0.15, -0.1) is 0 Å². The molecular weight excluding hydrogens is 210 g/mol. The number of carboxylic acid groups (broad SMARTS) is 1. The van der Waals surface area contributed by atoms with Crippen LogP contribution in [0.4, 0.5) is 0 Å². The molecule has 84 valence electrons. The van der Waals surface area contributed by atoms with Crippen molar-refractivity contribution in [1.82, 2.24) is 0 Å². The second-order valence-electron chi connectivity index (χ2n) is 3.04. The SMILES string of the molecule is COc1cc(C=CC(N)=O)cc(C(=O)O)c1. The van der Waals surface area contributed by atoms with E-state index in [-0.39, 0.29) is 5.56 Å². The molecule has 16 heavy (non-hydrogen) atoms. The Bertz CT molecular complexity index is 451. The van der Waals surface area contributed by atoms with E-state index in [4.69, 9.17) is 15.6 Å². The van der Waals surface area contributed by atoms with E-state index in [1.165, 1.54) is 25.3 Å². The van der Waals surface area contributed by atoms with E-state index in [0.29, 0.717) is 11.3 Å². The highest BCUT2D eigenvalue weighted by Gasteiger charge is 2.06. The number of ether oxygens (including phenoxy) is 1. The smallest absolute Gasteiger partial charge is 0.335 e. The van der Waals surface area contributed by atoms with E-state index in [1.807, 2.05) is 0 Å². The molecule has 0 bridgehead atoms. The topological polar surface area (TPSA) is 89.6 Å². The molecule has 0 aliphatic carbocycles. The average Bonchev–Trinajstić information content (AvgIpc) is 2.25. The highest BCUT2D eigenvalue weighted by atomic mass is 16.5. The average molecular weight is 221 g/mol. The number of hydrogen-bond donors (Lipinski definition) is 2. The maximum absolute atomic E-state index is 10.8. The third-order valence-electron chi connectivity index (χ3n) is 1.85. The molecule has 1 aromatic carbocycles. The fraction of sp³-hybridized carbons (Fsp3) is 0.0909. The van der Waals surface area contributed by atoms with Gasteiger partial charge in [-0.1, -0.05) is 0 Å². The number of hydrogen-bond acceptors (Lipinski definition) is 3. The molecule has 0 radical (unpaired) electrons. The molecule has 1 amide bonds. The summed E-state index contributed by atoms with van der Waals surface area (Å²) < 4.78 is 4.94. The third kappa shape index (κ3) is 3.13. The molecule has 0 unspecified atom stereocenters. The first-order valence-corrected chi connectivity index (χ1v) is 4.43. The fourth-order valence-electron chi connectivity index (χ4n) is 1.14. The molecule has 0 heterocycles. The minimum absolute atomic E-state index is 0.0865. The molecule has 0 atom stereocenters. The minimum Gasteiger partial charge on any atom is -0.497 e. The molecule has 0 aliphatic heterocycles. The zero-order valence-electron chi connectivity index (χ0n) is 8.64. The zero-order chi connectivity index (χ0) is 12.1. The van der Waals surface area contributed by atoms with E-state index in [1.54, 1.807) is 6.07 Å². The molecule has 0 fully saturated rings. The van der Waals surface area contributed by atoms with Crippen molar-refractivity contribution in [3.8, 4) is 5.75 Å². The van der Waals surface area contributed by atoms with Gasteiger partial charge in [0.1, 0.15) is 5.75 Å². The van der Waals surface area contributed by atoms with Crippen LogP contribution in [0, 0.1) is 0 Å². The van der Waals surface area contributed by atoms with Crippen LogP contribution in [-0.4, -0.2) is 24.1 Å². The third-order valence-corrected chi connectivity index (χ3v) is 1.85. The van der Waals surface area contributed by atoms with Crippen LogP contribution in [0.25, 0.3) is 6.08 Å². The molecule has 3 N–H and O–H groups in total. The van der Waals surface area contributed by atoms with Gasteiger partial charge < -0.3 is 15.6 Å². The summed E-state index contributed by atoms with van der Waals surface area (Å²) in [5.74, 6) is -1.25. The summed E-state index contributed by atoms with van der Waals surface area (Å²) in [6, 6.07) is 4.42. The van der Waals surface area contributed by atoms with Gasteiger partial charge in [-0.25, -0.2) is 4.79 Å². The fourth-order valence-corrected chi connectivity index (χ4v) is 1.14. The number of nitrogens with two attached hydrogens (primary N) is 1. The number of primary amides is 1. The number of methoxy groups -OCH3 is 1. The molecule has 1 aromatic rings. The number of benzene rings is 1. The summed E-state index contributed by atoms with van der Waals surface area (Å²) >= 11 is 0. The van der Waals surface area contributed by atoms with Crippen molar-refractivity contribution in [2.24, 2.45) is 5.73 Å². The maximum Gasteiger partial charge on any atom is 0.335 e. The summed E-state index contributed by atoms with van der Waals surface area (Å²) in [5.41, 5.74) is 5.56. The van der Waals surface area contributed by atoms with Gasteiger partial charge in [0.15, 0.2) is 0 Å². The lowest BCUT2D eigenvalue weighted by Gasteiger charge is -2.03. The van der Waals surface area contributed by atoms with Crippen molar-refractivity contribution in [2.45, 2.75) is 0 Å². The van der Waals surface area contributed by atoms with E-state index >= 15 is 0 Å². The lowest BCUT2D eigenvalue weighted by Crippen LogP contribution is -2.05. The summed E-state index contributed by atoms with van der Waals surface area (Å²) in [6.45, 7) is 0. The first kappa shape index (κ1) is 11.8. The van der Waals surface area contributed by atoms with E-state index in [0.717, 1.165) is 6.08 Å². The molecule has 0 saturated carbocycles. The maximum atomic E-state index is 10.8. The molecular formula is C11H11NO4. The van der Waals surface area contributed by atoms with Gasteiger partial charge in [-0.05, 0) is 29.8 Å². The van der Waals surface area contributed by atoms with E-state index < -0.39 is 11.9 Å². The normalized spacial score (nSPS) is 10.3. The molecule has 0 saturated heterocycles. The summed E-state index contributed by atoms with van der Waals surface area (Å²) in [6.07, 6.45) is 2.58. The Morgan fingerprint density at radius 2 is 2.06 bits per heavy atom. The highest BCUT2D eigenvalue weighted by molar-refractivity contribution is 5.92. The Kier molecular flexibility index (Phi) is 3.66. The zero-order valence-corrected chi connectivity index (χ0v) is 8.64. The first-order chi connectivity index (χ1) is 7.52. The Hall–Kier alpha value is -2.30. The monoisotopic (exact) mass is 221 g/mol. The number of carboxylic acids is 1. The largest absolute Gasteiger partial charge is 0.497 e. The Balaban J connectivity index is 3.14. The van der Waals surface area contributed by atoms with Gasteiger partial charge in [0, 0.05) is 6.08 Å². The van der Waals surface area contributed by atoms with E-state index in [9.17, 15) is 9.59 Å². The van der Waals surface area contributed by atoms with Gasteiger partial charge in [0.2, 0.25) is 5.91 Å². The number of aromatic carboxylic acids is 1. The summed E-state index contributed by atoms with van der Waals surface area (Å²) in [4.78, 5) is 21.3. The van der Waals surface area contributed by atoms with Crippen LogP contribution in [-0.2, 0) is 4.79 Å². The van der Waals surface area contributed by atoms with Gasteiger partial charge >= 0.3 is 5.97 Å². The molecule has 1 rings (SSSR count). The quantitative estimate of drug-likeness (QED) is 0.739. The lowest BCUT2D eigenvalue weighted by molar-refractivity contribution is -0.113. The number of carbonyl (C=O) groups excluding carboxylic acids is 1. The van der Waals surface area contributed by atoms with Crippen molar-refractivity contribution in [3.63, 3.8) is 0 Å². The van der Waals surface area contributed by atoms with Crippen LogP contribution in [0.1, 0.15) is 15.9 Å². The Morgan fingerprint density at radius 3 is 2.56 bits per heavy atom. The second kappa shape index (κ2) is 4.97. The van der Waals surface area contributed by atoms with Crippen molar-refractivity contribution in [1.29, 1.82) is 0 Å². The Morgan fingerprint density at radius 1 is 1.38 bits per heavy atom. The molecule has 0 aromatic heterocycles. The van der Waals surface area contributed by atoms with Crippen LogP contribution < -0.4 is 10.5 Å². The van der Waals surface area contributed by atoms with Crippen LogP contribution >= 0.6 is 0 Å². The number of rotatable bonds is 4. The van der Waals surface area contributed by atoms with Gasteiger partial charge in [0.05, 0.1) is 12.7 Å². The van der Waals surface area contributed by atoms with Gasteiger partial charge in [-0.3, -0.25) is 4.79 Å². The van der Waals surface area contributed by atoms with Gasteiger partial charge in [0.25, 0.3) is 0 Å². The number of amides is 1. The molecule has 0 aliphatic rings. The number of carbonyl (C=O) groups is 2. The van der Waals surface area contributed by atoms with Crippen molar-refractivity contribution >= 4 is 18.0 Å². The molecule has 5 heteroatoms. The van der Waals surface area contributed by atoms with Crippen molar-refractivity contribution in [3.05, 3.63) is 35.4 Å². The molecule has 0 spiro atoms. The molecule has 5 nitrogen and oxygen atoms in total. The van der Waals surface area contributed by atoms with Gasteiger partial charge in [-0.2, -0.15) is 0 Å². The van der Waals surface area contributed by atoms with Crippen LogP contribution in [0.15, 0.2) is 24.3 Å².